The summed E-state index contributed by atoms with van der Waals surface area (Å²) in [4.78, 5) is 23.7. The zero-order valence-electron chi connectivity index (χ0n) is 13.5. The van der Waals surface area contributed by atoms with Crippen LogP contribution in [0.4, 0.5) is 0 Å². The molecule has 126 valence electrons. The standard InChI is InChI=1S/C19H20BrNO3/c1-14(10-11-15-6-3-2-4-7-15)21-18(22)13-24-19(23)16-8-5-9-17(20)12-16/h2-9,12,14H,10-11,13H2,1H3,(H,21,22). The van der Waals surface area contributed by atoms with Crippen molar-refractivity contribution in [1.29, 1.82) is 0 Å². The van der Waals surface area contributed by atoms with E-state index in [1.54, 1.807) is 18.2 Å². The normalized spacial score (nSPS) is 11.6. The minimum absolute atomic E-state index is 0.0160. The largest absolute Gasteiger partial charge is 0.452 e. The van der Waals surface area contributed by atoms with Crippen molar-refractivity contribution in [2.45, 2.75) is 25.8 Å². The quantitative estimate of drug-likeness (QED) is 0.733. The molecular formula is C19H20BrNO3. The third-order valence-electron chi connectivity index (χ3n) is 3.51. The van der Waals surface area contributed by atoms with Crippen LogP contribution in [0.3, 0.4) is 0 Å². The van der Waals surface area contributed by atoms with E-state index in [4.69, 9.17) is 4.74 Å². The van der Waals surface area contributed by atoms with E-state index in [-0.39, 0.29) is 18.6 Å². The third kappa shape index (κ3) is 6.16. The SMILES string of the molecule is CC(CCc1ccccc1)NC(=O)COC(=O)c1cccc(Br)c1. The van der Waals surface area contributed by atoms with Crippen LogP contribution in [0, 0.1) is 0 Å². The van der Waals surface area contributed by atoms with E-state index in [0.717, 1.165) is 17.3 Å². The van der Waals surface area contributed by atoms with Crippen LogP contribution in [0.1, 0.15) is 29.3 Å². The second-order valence-corrected chi connectivity index (χ2v) is 6.49. The zero-order chi connectivity index (χ0) is 17.4. The molecule has 1 N–H and O–H groups in total. The molecule has 5 heteroatoms. The van der Waals surface area contributed by atoms with Gasteiger partial charge in [0, 0.05) is 10.5 Å². The van der Waals surface area contributed by atoms with E-state index in [2.05, 4.69) is 33.4 Å². The highest BCUT2D eigenvalue weighted by molar-refractivity contribution is 9.10. The lowest BCUT2D eigenvalue weighted by Crippen LogP contribution is -2.36. The number of rotatable bonds is 7. The molecule has 0 aliphatic heterocycles. The van der Waals surface area contributed by atoms with Gasteiger partial charge in [-0.1, -0.05) is 52.3 Å². The molecule has 2 rings (SSSR count). The van der Waals surface area contributed by atoms with Crippen LogP contribution in [0.2, 0.25) is 0 Å². The number of hydrogen-bond acceptors (Lipinski definition) is 3. The Morgan fingerprint density at radius 3 is 2.58 bits per heavy atom. The van der Waals surface area contributed by atoms with E-state index in [9.17, 15) is 9.59 Å². The summed E-state index contributed by atoms with van der Waals surface area (Å²) in [6, 6.07) is 17.0. The lowest BCUT2D eigenvalue weighted by molar-refractivity contribution is -0.124. The van der Waals surface area contributed by atoms with Gasteiger partial charge in [0.05, 0.1) is 5.56 Å². The molecule has 0 aliphatic rings. The van der Waals surface area contributed by atoms with Crippen LogP contribution in [0.5, 0.6) is 0 Å². The van der Waals surface area contributed by atoms with Crippen molar-refractivity contribution >= 4 is 27.8 Å². The lowest BCUT2D eigenvalue weighted by Gasteiger charge is -2.14. The number of carbonyl (C=O) groups excluding carboxylic acids is 2. The number of ether oxygens (including phenoxy) is 1. The van der Waals surface area contributed by atoms with E-state index in [1.165, 1.54) is 5.56 Å². The highest BCUT2D eigenvalue weighted by atomic mass is 79.9. The number of nitrogens with one attached hydrogen (secondary N) is 1. The number of benzene rings is 2. The van der Waals surface area contributed by atoms with Gasteiger partial charge in [0.1, 0.15) is 0 Å². The molecule has 1 atom stereocenters. The van der Waals surface area contributed by atoms with Crippen LogP contribution in [0.25, 0.3) is 0 Å². The van der Waals surface area contributed by atoms with Crippen molar-refractivity contribution in [3.63, 3.8) is 0 Å². The first-order chi connectivity index (χ1) is 11.5. The molecule has 24 heavy (non-hydrogen) atoms. The number of esters is 1. The lowest BCUT2D eigenvalue weighted by atomic mass is 10.1. The van der Waals surface area contributed by atoms with Crippen molar-refractivity contribution in [1.82, 2.24) is 5.32 Å². The van der Waals surface area contributed by atoms with Gasteiger partial charge in [-0.3, -0.25) is 4.79 Å². The van der Waals surface area contributed by atoms with Gasteiger partial charge in [0.25, 0.3) is 5.91 Å². The van der Waals surface area contributed by atoms with Gasteiger partial charge in [-0.2, -0.15) is 0 Å². The predicted molar refractivity (Wildman–Crippen MR) is 96.8 cm³/mol. The molecule has 0 aliphatic carbocycles. The van der Waals surface area contributed by atoms with Gasteiger partial charge < -0.3 is 10.1 Å². The molecule has 0 heterocycles. The minimum atomic E-state index is -0.511. The number of hydrogen-bond donors (Lipinski definition) is 1. The second kappa shape index (κ2) is 9.23. The van der Waals surface area contributed by atoms with Crippen LogP contribution in [-0.2, 0) is 16.0 Å². The van der Waals surface area contributed by atoms with Gasteiger partial charge in [-0.15, -0.1) is 0 Å². The predicted octanol–water partition coefficient (Wildman–Crippen LogP) is 3.74. The van der Waals surface area contributed by atoms with Crippen molar-refractivity contribution in [3.05, 3.63) is 70.2 Å². The molecule has 0 aromatic heterocycles. The van der Waals surface area contributed by atoms with E-state index in [0.29, 0.717) is 5.56 Å². The van der Waals surface area contributed by atoms with Crippen molar-refractivity contribution in [2.24, 2.45) is 0 Å². The molecule has 1 unspecified atom stereocenters. The Hall–Kier alpha value is -2.14. The monoisotopic (exact) mass is 389 g/mol. The Bertz CT molecular complexity index is 688. The first kappa shape index (κ1) is 18.2. The number of aryl methyl sites for hydroxylation is 1. The highest BCUT2D eigenvalue weighted by Crippen LogP contribution is 2.12. The number of halogens is 1. The zero-order valence-corrected chi connectivity index (χ0v) is 15.1. The summed E-state index contributed by atoms with van der Waals surface area (Å²) in [7, 11) is 0. The summed E-state index contributed by atoms with van der Waals surface area (Å²) in [6.07, 6.45) is 1.72. The third-order valence-corrected chi connectivity index (χ3v) is 4.00. The summed E-state index contributed by atoms with van der Waals surface area (Å²) in [5.74, 6) is -0.803. The Morgan fingerprint density at radius 2 is 1.88 bits per heavy atom. The summed E-state index contributed by atoms with van der Waals surface area (Å²) in [5, 5.41) is 2.84. The summed E-state index contributed by atoms with van der Waals surface area (Å²) in [6.45, 7) is 1.66. The molecule has 0 fully saturated rings. The Labute approximate surface area is 150 Å². The van der Waals surface area contributed by atoms with E-state index < -0.39 is 5.97 Å². The van der Waals surface area contributed by atoms with E-state index >= 15 is 0 Å². The summed E-state index contributed by atoms with van der Waals surface area (Å²) < 4.78 is 5.82. The fourth-order valence-electron chi connectivity index (χ4n) is 2.25. The maximum atomic E-state index is 11.9. The Morgan fingerprint density at radius 1 is 1.12 bits per heavy atom. The molecule has 0 spiro atoms. The molecule has 0 radical (unpaired) electrons. The summed E-state index contributed by atoms with van der Waals surface area (Å²) >= 11 is 3.29. The van der Waals surface area contributed by atoms with Crippen LogP contribution in [-0.4, -0.2) is 24.5 Å². The van der Waals surface area contributed by atoms with Crippen molar-refractivity contribution in [3.8, 4) is 0 Å². The minimum Gasteiger partial charge on any atom is -0.452 e. The molecule has 0 saturated carbocycles. The highest BCUT2D eigenvalue weighted by Gasteiger charge is 2.12. The van der Waals surface area contributed by atoms with Crippen LogP contribution in [0.15, 0.2) is 59.1 Å². The molecule has 0 saturated heterocycles. The van der Waals surface area contributed by atoms with Gasteiger partial charge in [0.2, 0.25) is 0 Å². The fraction of sp³-hybridized carbons (Fsp3) is 0.263. The first-order valence-electron chi connectivity index (χ1n) is 7.80. The Kier molecular flexibility index (Phi) is 7.00. The first-order valence-corrected chi connectivity index (χ1v) is 8.60. The second-order valence-electron chi connectivity index (χ2n) is 5.58. The Balaban J connectivity index is 1.71. The molecule has 0 bridgehead atoms. The van der Waals surface area contributed by atoms with Crippen LogP contribution < -0.4 is 5.32 Å². The molecule has 2 aromatic rings. The number of amides is 1. The fourth-order valence-corrected chi connectivity index (χ4v) is 2.65. The van der Waals surface area contributed by atoms with Gasteiger partial charge in [-0.05, 0) is 43.5 Å². The van der Waals surface area contributed by atoms with Crippen molar-refractivity contribution < 1.29 is 14.3 Å². The molecule has 2 aromatic carbocycles. The maximum absolute atomic E-state index is 11.9. The van der Waals surface area contributed by atoms with Gasteiger partial charge >= 0.3 is 5.97 Å². The van der Waals surface area contributed by atoms with Crippen LogP contribution >= 0.6 is 15.9 Å². The van der Waals surface area contributed by atoms with Gasteiger partial charge in [-0.25, -0.2) is 4.79 Å². The average molecular weight is 390 g/mol. The van der Waals surface area contributed by atoms with E-state index in [1.807, 2.05) is 31.2 Å². The topological polar surface area (TPSA) is 55.4 Å². The van der Waals surface area contributed by atoms with Crippen molar-refractivity contribution in [2.75, 3.05) is 6.61 Å². The van der Waals surface area contributed by atoms with Gasteiger partial charge in [0.15, 0.2) is 6.61 Å². The average Bonchev–Trinajstić information content (AvgIpc) is 2.59. The molecular weight excluding hydrogens is 370 g/mol. The molecule has 1 amide bonds. The maximum Gasteiger partial charge on any atom is 0.338 e. The smallest absolute Gasteiger partial charge is 0.338 e. The molecule has 4 nitrogen and oxygen atoms in total. The summed E-state index contributed by atoms with van der Waals surface area (Å²) in [5.41, 5.74) is 1.65. The number of carbonyl (C=O) groups is 2.